The van der Waals surface area contributed by atoms with Crippen LogP contribution >= 0.6 is 0 Å². The molecule has 98 valence electrons. The number of carbonyl (C=O) groups excluding carboxylic acids is 2. The van der Waals surface area contributed by atoms with Crippen LogP contribution in [0.25, 0.3) is 0 Å². The Hall–Kier alpha value is -1.06. The van der Waals surface area contributed by atoms with Crippen LogP contribution < -0.4 is 5.32 Å². The van der Waals surface area contributed by atoms with Gasteiger partial charge in [0.25, 0.3) is 0 Å². The van der Waals surface area contributed by atoms with Gasteiger partial charge >= 0.3 is 0 Å². The van der Waals surface area contributed by atoms with Crippen LogP contribution in [0.15, 0.2) is 0 Å². The molecule has 17 heavy (non-hydrogen) atoms. The number of hydrogen-bond donors (Lipinski definition) is 1. The first-order chi connectivity index (χ1) is 8.02. The van der Waals surface area contributed by atoms with Gasteiger partial charge in [0.1, 0.15) is 6.04 Å². The van der Waals surface area contributed by atoms with Crippen molar-refractivity contribution in [2.45, 2.75) is 52.5 Å². The van der Waals surface area contributed by atoms with Crippen LogP contribution in [0, 0.1) is 5.92 Å². The molecule has 0 radical (unpaired) electrons. The molecule has 0 aromatic heterocycles. The molecule has 0 aromatic rings. The molecule has 2 amide bonds. The molecular formula is C13H24N2O2. The predicted octanol–water partition coefficient (Wildman–Crippen LogP) is 1.55. The van der Waals surface area contributed by atoms with E-state index in [1.54, 1.807) is 0 Å². The van der Waals surface area contributed by atoms with E-state index in [1.807, 2.05) is 18.7 Å². The van der Waals surface area contributed by atoms with Crippen molar-refractivity contribution in [2.24, 2.45) is 5.92 Å². The molecule has 0 saturated carbocycles. The van der Waals surface area contributed by atoms with Gasteiger partial charge in [-0.3, -0.25) is 9.59 Å². The smallest absolute Gasteiger partial charge is 0.245 e. The number of nitrogens with one attached hydrogen (secondary N) is 1. The van der Waals surface area contributed by atoms with E-state index in [0.717, 1.165) is 25.9 Å². The van der Waals surface area contributed by atoms with Crippen molar-refractivity contribution in [2.75, 3.05) is 13.1 Å². The summed E-state index contributed by atoms with van der Waals surface area (Å²) in [6.45, 7) is 7.07. The van der Waals surface area contributed by atoms with Gasteiger partial charge in [0.05, 0.1) is 0 Å². The van der Waals surface area contributed by atoms with Crippen molar-refractivity contribution >= 4 is 11.8 Å². The fourth-order valence-corrected chi connectivity index (χ4v) is 2.22. The topological polar surface area (TPSA) is 49.4 Å². The molecule has 0 aliphatic carbocycles. The van der Waals surface area contributed by atoms with Crippen LogP contribution in [0.3, 0.4) is 0 Å². The van der Waals surface area contributed by atoms with Crippen LogP contribution in [0.1, 0.15) is 46.5 Å². The van der Waals surface area contributed by atoms with E-state index < -0.39 is 0 Å². The summed E-state index contributed by atoms with van der Waals surface area (Å²) in [5.41, 5.74) is 0. The fourth-order valence-electron chi connectivity index (χ4n) is 2.22. The number of nitrogens with zero attached hydrogens (tertiary/aromatic N) is 1. The number of rotatable bonds is 3. The second-order valence-corrected chi connectivity index (χ2v) is 5.16. The van der Waals surface area contributed by atoms with E-state index in [0.29, 0.717) is 0 Å². The van der Waals surface area contributed by atoms with E-state index >= 15 is 0 Å². The number of likely N-dealkylation sites (tertiary alicyclic amines) is 1. The Kier molecular flexibility index (Phi) is 5.45. The van der Waals surface area contributed by atoms with Gasteiger partial charge in [-0.15, -0.1) is 0 Å². The van der Waals surface area contributed by atoms with Crippen LogP contribution in [0.4, 0.5) is 0 Å². The Morgan fingerprint density at radius 2 is 1.59 bits per heavy atom. The quantitative estimate of drug-likeness (QED) is 0.813. The summed E-state index contributed by atoms with van der Waals surface area (Å²) in [7, 11) is 0. The van der Waals surface area contributed by atoms with Crippen LogP contribution in [-0.4, -0.2) is 35.8 Å². The van der Waals surface area contributed by atoms with Gasteiger partial charge in [0.2, 0.25) is 11.8 Å². The van der Waals surface area contributed by atoms with Crippen molar-refractivity contribution in [3.8, 4) is 0 Å². The van der Waals surface area contributed by atoms with E-state index in [-0.39, 0.29) is 23.8 Å². The average molecular weight is 240 g/mol. The highest BCUT2D eigenvalue weighted by Gasteiger charge is 2.27. The van der Waals surface area contributed by atoms with E-state index in [4.69, 9.17) is 0 Å². The maximum absolute atomic E-state index is 12.3. The lowest BCUT2D eigenvalue weighted by Crippen LogP contribution is -2.51. The summed E-state index contributed by atoms with van der Waals surface area (Å²) in [6, 6.07) is -0.370. The normalized spacial score (nSPS) is 18.7. The van der Waals surface area contributed by atoms with Gasteiger partial charge in [-0.05, 0) is 18.8 Å². The number of amides is 2. The van der Waals surface area contributed by atoms with Gasteiger partial charge in [0, 0.05) is 20.0 Å². The molecule has 1 aliphatic rings. The van der Waals surface area contributed by atoms with Gasteiger partial charge in [-0.1, -0.05) is 26.7 Å². The second kappa shape index (κ2) is 6.62. The average Bonchev–Trinajstić information content (AvgIpc) is 2.52. The molecule has 0 spiro atoms. The molecule has 1 heterocycles. The molecule has 4 nitrogen and oxygen atoms in total. The predicted molar refractivity (Wildman–Crippen MR) is 67.5 cm³/mol. The van der Waals surface area contributed by atoms with Crippen molar-refractivity contribution in [1.82, 2.24) is 10.2 Å². The van der Waals surface area contributed by atoms with Crippen LogP contribution in [0.5, 0.6) is 0 Å². The molecular weight excluding hydrogens is 216 g/mol. The third-order valence-corrected chi connectivity index (χ3v) is 3.21. The number of carbonyl (C=O) groups is 2. The molecule has 1 atom stereocenters. The second-order valence-electron chi connectivity index (χ2n) is 5.16. The maximum atomic E-state index is 12.3. The molecule has 1 unspecified atom stereocenters. The van der Waals surface area contributed by atoms with Gasteiger partial charge in [-0.2, -0.15) is 0 Å². The molecule has 4 heteroatoms. The highest BCUT2D eigenvalue weighted by molar-refractivity contribution is 5.87. The summed E-state index contributed by atoms with van der Waals surface area (Å²) < 4.78 is 0. The highest BCUT2D eigenvalue weighted by atomic mass is 16.2. The molecule has 1 saturated heterocycles. The molecule has 1 N–H and O–H groups in total. The lowest BCUT2D eigenvalue weighted by atomic mass is 10.0. The molecule has 1 rings (SSSR count). The zero-order valence-electron chi connectivity index (χ0n) is 11.2. The van der Waals surface area contributed by atoms with Crippen molar-refractivity contribution in [3.63, 3.8) is 0 Å². The van der Waals surface area contributed by atoms with Crippen molar-refractivity contribution in [1.29, 1.82) is 0 Å². The Labute approximate surface area is 104 Å². The zero-order valence-corrected chi connectivity index (χ0v) is 11.2. The SMILES string of the molecule is CC(=O)NC(C(=O)N1CCCCCC1)C(C)C. The van der Waals surface area contributed by atoms with Crippen molar-refractivity contribution < 1.29 is 9.59 Å². The van der Waals surface area contributed by atoms with Gasteiger partial charge < -0.3 is 10.2 Å². The first-order valence-electron chi connectivity index (χ1n) is 6.58. The molecule has 0 bridgehead atoms. The molecule has 1 fully saturated rings. The maximum Gasteiger partial charge on any atom is 0.245 e. The lowest BCUT2D eigenvalue weighted by Gasteiger charge is -2.28. The molecule has 1 aliphatic heterocycles. The number of hydrogen-bond acceptors (Lipinski definition) is 2. The third-order valence-electron chi connectivity index (χ3n) is 3.21. The van der Waals surface area contributed by atoms with Gasteiger partial charge in [0.15, 0.2) is 0 Å². The Morgan fingerprint density at radius 1 is 1.06 bits per heavy atom. The minimum absolute atomic E-state index is 0.0806. The lowest BCUT2D eigenvalue weighted by molar-refractivity contribution is -0.137. The van der Waals surface area contributed by atoms with E-state index in [9.17, 15) is 9.59 Å². The largest absolute Gasteiger partial charge is 0.344 e. The van der Waals surface area contributed by atoms with E-state index in [1.165, 1.54) is 19.8 Å². The third kappa shape index (κ3) is 4.36. The Morgan fingerprint density at radius 3 is 2.00 bits per heavy atom. The minimum atomic E-state index is -0.370. The Bertz CT molecular complexity index is 269. The van der Waals surface area contributed by atoms with E-state index in [2.05, 4.69) is 5.32 Å². The zero-order chi connectivity index (χ0) is 12.8. The first kappa shape index (κ1) is 14.0. The standard InChI is InChI=1S/C13H24N2O2/c1-10(2)12(14-11(3)16)13(17)15-8-6-4-5-7-9-15/h10,12H,4-9H2,1-3H3,(H,14,16). The van der Waals surface area contributed by atoms with Crippen molar-refractivity contribution in [3.05, 3.63) is 0 Å². The fraction of sp³-hybridized carbons (Fsp3) is 0.846. The Balaban J connectivity index is 2.65. The summed E-state index contributed by atoms with van der Waals surface area (Å²) >= 11 is 0. The summed E-state index contributed by atoms with van der Waals surface area (Å²) in [5.74, 6) is 0.0821. The highest BCUT2D eigenvalue weighted by Crippen LogP contribution is 2.13. The van der Waals surface area contributed by atoms with Gasteiger partial charge in [-0.25, -0.2) is 0 Å². The summed E-state index contributed by atoms with van der Waals surface area (Å²) in [5, 5.41) is 2.77. The van der Waals surface area contributed by atoms with Crippen LogP contribution in [0.2, 0.25) is 0 Å². The summed E-state index contributed by atoms with van der Waals surface area (Å²) in [6.07, 6.45) is 4.57. The molecule has 0 aromatic carbocycles. The first-order valence-corrected chi connectivity index (χ1v) is 6.58. The monoisotopic (exact) mass is 240 g/mol. The van der Waals surface area contributed by atoms with Crippen LogP contribution in [-0.2, 0) is 9.59 Å². The minimum Gasteiger partial charge on any atom is -0.344 e. The summed E-state index contributed by atoms with van der Waals surface area (Å²) in [4.78, 5) is 25.4.